The van der Waals surface area contributed by atoms with Gasteiger partial charge in [-0.3, -0.25) is 9.59 Å². The minimum atomic E-state index is -0.370. The Labute approximate surface area is 533 Å². The summed E-state index contributed by atoms with van der Waals surface area (Å²) in [6, 6.07) is 36.5. The fourth-order valence-electron chi connectivity index (χ4n) is 11.7. The molecule has 2 fully saturated rings. The van der Waals surface area contributed by atoms with Crippen LogP contribution in [0, 0.1) is 33.2 Å². The average molecular weight is 1260 g/mol. The molecule has 0 saturated heterocycles. The summed E-state index contributed by atoms with van der Waals surface area (Å²) in [5.41, 5.74) is 4.31. The Kier molecular flexibility index (Phi) is 25.1. The molecule has 0 N–H and O–H groups in total. The van der Waals surface area contributed by atoms with E-state index >= 15 is 0 Å². The Morgan fingerprint density at radius 3 is 1.15 bits per heavy atom. The molecule has 88 heavy (non-hydrogen) atoms. The van der Waals surface area contributed by atoms with Crippen LogP contribution in [0.15, 0.2) is 144 Å². The van der Waals surface area contributed by atoms with Gasteiger partial charge in [0.1, 0.15) is 22.3 Å². The molecule has 2 heterocycles. The lowest BCUT2D eigenvalue weighted by molar-refractivity contribution is -0.140. The molecule has 7 aromatic rings. The van der Waals surface area contributed by atoms with Crippen molar-refractivity contribution in [1.29, 1.82) is 10.5 Å². The van der Waals surface area contributed by atoms with Gasteiger partial charge in [0.25, 0.3) is 0 Å². The largest absolute Gasteiger partial charge is 0.494 e. The number of esters is 4. The highest BCUT2D eigenvalue weighted by Gasteiger charge is 2.34. The first kappa shape index (κ1) is 65.1. The smallest absolute Gasteiger partial charge is 0.330 e. The number of carbonyl (C=O) groups excluding carboxylic acids is 4. The van der Waals surface area contributed by atoms with E-state index in [2.05, 4.69) is 72.5 Å². The van der Waals surface area contributed by atoms with Crippen LogP contribution in [0.1, 0.15) is 151 Å². The number of thiophene rings is 2. The zero-order chi connectivity index (χ0) is 61.5. The van der Waals surface area contributed by atoms with Crippen molar-refractivity contribution >= 4 is 90.2 Å². The summed E-state index contributed by atoms with van der Waals surface area (Å²) in [5, 5.41) is 24.5. The van der Waals surface area contributed by atoms with E-state index in [4.69, 9.17) is 28.4 Å². The molecule has 12 nitrogen and oxygen atoms in total. The first-order chi connectivity index (χ1) is 43.1. The van der Waals surface area contributed by atoms with Gasteiger partial charge in [-0.25, -0.2) is 9.59 Å². The number of thioether (sulfide) groups is 2. The topological polar surface area (TPSA) is 171 Å². The number of nitriles is 2. The molecule has 0 atom stereocenters. The van der Waals surface area contributed by atoms with E-state index in [0.29, 0.717) is 95.6 Å². The van der Waals surface area contributed by atoms with E-state index in [-0.39, 0.29) is 35.7 Å². The Balaban J connectivity index is 0.863. The molecule has 9 rings (SSSR count). The number of nitrogens with zero attached hydrogens (tertiary/aromatic N) is 2. The zero-order valence-corrected chi connectivity index (χ0v) is 53.1. The SMILES string of the molecule is C=CC(=O)OCCCCCCCCOc1ccc(C2CCC(C(=O)Oc3c4cc(-c5ccc(SC#N)cc5)sc4c(OC(=O)C4CCC(c5ccc(OCCCCCCCCOC(=O)C=C)cc5)CC4)c4cc(-c5ccc(SC#N)cc5)sc34)CC2)cc1. The van der Waals surface area contributed by atoms with Gasteiger partial charge in [0.05, 0.1) is 47.7 Å². The molecule has 458 valence electrons. The van der Waals surface area contributed by atoms with Gasteiger partial charge in [-0.15, -0.1) is 22.7 Å². The summed E-state index contributed by atoms with van der Waals surface area (Å²) in [6.45, 7) is 9.03. The van der Waals surface area contributed by atoms with E-state index in [9.17, 15) is 29.7 Å². The molecule has 2 aliphatic carbocycles. The van der Waals surface area contributed by atoms with Gasteiger partial charge in [0.15, 0.2) is 11.5 Å². The number of thiocyanates is 2. The lowest BCUT2D eigenvalue weighted by Gasteiger charge is -2.28. The molecule has 0 spiro atoms. The molecule has 5 aromatic carbocycles. The fraction of sp³-hybridized carbons (Fsp3) is 0.389. The molecule has 0 bridgehead atoms. The number of unbranched alkanes of at least 4 members (excludes halogenated alkanes) is 10. The highest BCUT2D eigenvalue weighted by Crippen LogP contribution is 2.54. The number of carbonyl (C=O) groups is 4. The third-order valence-corrected chi connectivity index (χ3v) is 20.2. The van der Waals surface area contributed by atoms with Gasteiger partial charge in [-0.1, -0.05) is 113 Å². The summed E-state index contributed by atoms with van der Waals surface area (Å²) in [5.74, 6) is 1.31. The number of fused-ring (bicyclic) bond motifs is 2. The van der Waals surface area contributed by atoms with E-state index in [1.54, 1.807) is 0 Å². The summed E-state index contributed by atoms with van der Waals surface area (Å²) >= 11 is 5.18. The quantitative estimate of drug-likeness (QED) is 0.00974. The monoisotopic (exact) mass is 1260 g/mol. The molecular formula is C72H76N2O10S4. The second-order valence-corrected chi connectivity index (χ2v) is 26.4. The van der Waals surface area contributed by atoms with Crippen LogP contribution in [0.4, 0.5) is 0 Å². The molecule has 0 aliphatic heterocycles. The first-order valence-electron chi connectivity index (χ1n) is 30.9. The van der Waals surface area contributed by atoms with Crippen molar-refractivity contribution in [2.45, 2.75) is 150 Å². The van der Waals surface area contributed by atoms with Gasteiger partial charge in [0.2, 0.25) is 0 Å². The van der Waals surface area contributed by atoms with Crippen molar-refractivity contribution in [3.63, 3.8) is 0 Å². The summed E-state index contributed by atoms with van der Waals surface area (Å²) < 4.78 is 37.2. The van der Waals surface area contributed by atoms with E-state index in [1.165, 1.54) is 46.0 Å². The lowest BCUT2D eigenvalue weighted by Crippen LogP contribution is -2.25. The minimum absolute atomic E-state index is 0.275. The second-order valence-electron chi connectivity index (χ2n) is 22.6. The molecule has 16 heteroatoms. The maximum Gasteiger partial charge on any atom is 0.330 e. The van der Waals surface area contributed by atoms with Gasteiger partial charge in [0, 0.05) is 42.5 Å². The Morgan fingerprint density at radius 2 is 0.807 bits per heavy atom. The van der Waals surface area contributed by atoms with Crippen LogP contribution < -0.4 is 18.9 Å². The second kappa shape index (κ2) is 33.9. The molecule has 2 saturated carbocycles. The number of ether oxygens (including phenoxy) is 6. The van der Waals surface area contributed by atoms with Crippen molar-refractivity contribution in [2.75, 3.05) is 26.4 Å². The highest BCUT2D eigenvalue weighted by atomic mass is 32.2. The molecule has 2 aromatic heterocycles. The van der Waals surface area contributed by atoms with Crippen molar-refractivity contribution in [3.8, 4) is 54.7 Å². The summed E-state index contributed by atoms with van der Waals surface area (Å²) in [6.07, 6.45) is 20.8. The van der Waals surface area contributed by atoms with Crippen LogP contribution in [-0.4, -0.2) is 50.3 Å². The van der Waals surface area contributed by atoms with E-state index in [0.717, 1.165) is 168 Å². The van der Waals surface area contributed by atoms with Crippen LogP contribution >= 0.6 is 46.2 Å². The Morgan fingerprint density at radius 1 is 0.466 bits per heavy atom. The van der Waals surface area contributed by atoms with E-state index in [1.807, 2.05) is 60.7 Å². The maximum atomic E-state index is 14.7. The third kappa shape index (κ3) is 18.4. The number of hydrogen-bond donors (Lipinski definition) is 0. The van der Waals surface area contributed by atoms with Crippen LogP contribution in [0.2, 0.25) is 0 Å². The maximum absolute atomic E-state index is 14.7. The van der Waals surface area contributed by atoms with Crippen LogP contribution in [-0.2, 0) is 28.7 Å². The molecule has 0 radical (unpaired) electrons. The van der Waals surface area contributed by atoms with Crippen molar-refractivity contribution < 1.29 is 47.6 Å². The van der Waals surface area contributed by atoms with Crippen molar-refractivity contribution in [1.82, 2.24) is 0 Å². The minimum Gasteiger partial charge on any atom is -0.494 e. The van der Waals surface area contributed by atoms with Crippen LogP contribution in [0.5, 0.6) is 23.0 Å². The Bertz CT molecular complexity index is 3260. The van der Waals surface area contributed by atoms with Crippen LogP contribution in [0.25, 0.3) is 41.1 Å². The van der Waals surface area contributed by atoms with Gasteiger partial charge >= 0.3 is 23.9 Å². The first-order valence-corrected chi connectivity index (χ1v) is 34.2. The molecule has 0 unspecified atom stereocenters. The predicted octanol–water partition coefficient (Wildman–Crippen LogP) is 19.3. The molecule has 0 amide bonds. The highest BCUT2D eigenvalue weighted by molar-refractivity contribution is 8.04. The predicted molar refractivity (Wildman–Crippen MR) is 353 cm³/mol. The lowest BCUT2D eigenvalue weighted by atomic mass is 9.79. The van der Waals surface area contributed by atoms with Crippen molar-refractivity contribution in [2.24, 2.45) is 11.8 Å². The standard InChI is InChI=1S/C72H76N2O10S4/c1-3-65(75)81-43-15-11-7-5-9-13-41-79-57-33-25-51(26-34-57)49-17-21-55(22-18-49)71(77)83-67-61-45-63(53-29-37-59(38-30-53)85-47-73)88-70(61)68(62-46-64(87-69(62)67)54-31-39-60(40-32-54)86-48-74)84-72(78)56-23-19-50(20-24-56)52-27-35-58(36-28-52)80-42-14-10-6-8-12-16-44-82-66(76)4-2/h3-4,25-40,45-46,49-50,55-56H,1-2,5-24,41-44H2. The zero-order valence-electron chi connectivity index (χ0n) is 49.9. The van der Waals surface area contributed by atoms with Crippen molar-refractivity contribution in [3.05, 3.63) is 146 Å². The van der Waals surface area contributed by atoms with Gasteiger partial charge < -0.3 is 28.4 Å². The number of hydrogen-bond acceptors (Lipinski definition) is 16. The van der Waals surface area contributed by atoms with Gasteiger partial charge in [-0.2, -0.15) is 10.5 Å². The molecule has 2 aliphatic rings. The summed E-state index contributed by atoms with van der Waals surface area (Å²) in [7, 11) is 0. The molecular weight excluding hydrogens is 1180 g/mol. The van der Waals surface area contributed by atoms with E-state index < -0.39 is 0 Å². The fourth-order valence-corrected chi connectivity index (χ4v) is 14.8. The number of benzene rings is 5. The Hall–Kier alpha value is -7.34. The number of rotatable bonds is 32. The van der Waals surface area contributed by atoms with Gasteiger partial charge in [-0.05, 0) is 195 Å². The van der Waals surface area contributed by atoms with Crippen LogP contribution in [0.3, 0.4) is 0 Å². The average Bonchev–Trinajstić information content (AvgIpc) is 1.64. The normalized spacial score (nSPS) is 16.4. The third-order valence-electron chi connectivity index (χ3n) is 16.6. The summed E-state index contributed by atoms with van der Waals surface area (Å²) in [4.78, 5) is 55.2.